The molecule has 1 aromatic heterocycles. The van der Waals surface area contributed by atoms with Crippen LogP contribution in [0.2, 0.25) is 0 Å². The SMILES string of the molecule is O=C(O)[C@H]1[C@H](C(=O)NCCCn2ccnc2)[C@H]2C=C[C@@H]1C2. The number of hydrogen-bond acceptors (Lipinski definition) is 3. The molecule has 3 rings (SSSR count). The molecule has 1 fully saturated rings. The topological polar surface area (TPSA) is 84.2 Å². The van der Waals surface area contributed by atoms with E-state index in [0.29, 0.717) is 6.54 Å². The molecule has 1 aromatic rings. The first-order valence-corrected chi connectivity index (χ1v) is 7.31. The first kappa shape index (κ1) is 13.9. The van der Waals surface area contributed by atoms with Gasteiger partial charge in [0.1, 0.15) is 0 Å². The summed E-state index contributed by atoms with van der Waals surface area (Å²) in [5.74, 6) is -1.84. The quantitative estimate of drug-likeness (QED) is 0.602. The van der Waals surface area contributed by atoms with Gasteiger partial charge in [-0.05, 0) is 24.7 Å². The van der Waals surface area contributed by atoms with Crippen LogP contribution in [-0.2, 0) is 16.1 Å². The Bertz CT molecular complexity index is 553. The number of carbonyl (C=O) groups excluding carboxylic acids is 1. The van der Waals surface area contributed by atoms with Crippen molar-refractivity contribution >= 4 is 11.9 Å². The third-order valence-electron chi connectivity index (χ3n) is 4.50. The number of aliphatic carboxylic acids is 1. The lowest BCUT2D eigenvalue weighted by molar-refractivity contribution is -0.147. The molecule has 0 spiro atoms. The molecular formula is C15H19N3O3. The number of carbonyl (C=O) groups is 2. The van der Waals surface area contributed by atoms with Crippen molar-refractivity contribution in [1.82, 2.24) is 14.9 Å². The molecule has 1 saturated carbocycles. The van der Waals surface area contributed by atoms with Crippen LogP contribution in [0.3, 0.4) is 0 Å². The molecule has 2 N–H and O–H groups in total. The number of allylic oxidation sites excluding steroid dienone is 2. The molecule has 6 nitrogen and oxygen atoms in total. The van der Waals surface area contributed by atoms with Crippen molar-refractivity contribution in [3.63, 3.8) is 0 Å². The van der Waals surface area contributed by atoms with E-state index in [1.165, 1.54) is 0 Å². The predicted molar refractivity (Wildman–Crippen MR) is 75.2 cm³/mol. The number of aromatic nitrogens is 2. The van der Waals surface area contributed by atoms with Gasteiger partial charge in [0, 0.05) is 25.5 Å². The molecule has 112 valence electrons. The fraction of sp³-hybridized carbons (Fsp3) is 0.533. The van der Waals surface area contributed by atoms with Crippen LogP contribution in [-0.4, -0.2) is 33.1 Å². The second-order valence-corrected chi connectivity index (χ2v) is 5.78. The molecule has 6 heteroatoms. The number of aryl methyl sites for hydroxylation is 1. The van der Waals surface area contributed by atoms with Gasteiger partial charge in [0.05, 0.1) is 18.2 Å². The van der Waals surface area contributed by atoms with E-state index in [4.69, 9.17) is 0 Å². The molecule has 2 aliphatic rings. The van der Waals surface area contributed by atoms with Gasteiger partial charge < -0.3 is 15.0 Å². The van der Waals surface area contributed by atoms with Gasteiger partial charge in [0.2, 0.25) is 5.91 Å². The van der Waals surface area contributed by atoms with Gasteiger partial charge >= 0.3 is 5.97 Å². The summed E-state index contributed by atoms with van der Waals surface area (Å²) in [5, 5.41) is 12.2. The zero-order valence-corrected chi connectivity index (χ0v) is 11.7. The molecule has 0 aliphatic heterocycles. The Morgan fingerprint density at radius 1 is 1.29 bits per heavy atom. The van der Waals surface area contributed by atoms with E-state index in [2.05, 4.69) is 10.3 Å². The number of fused-ring (bicyclic) bond motifs is 2. The van der Waals surface area contributed by atoms with Crippen LogP contribution in [0, 0.1) is 23.7 Å². The monoisotopic (exact) mass is 289 g/mol. The fourth-order valence-electron chi connectivity index (χ4n) is 3.53. The average Bonchev–Trinajstić information content (AvgIpc) is 3.18. The predicted octanol–water partition coefficient (Wildman–Crippen LogP) is 0.912. The van der Waals surface area contributed by atoms with E-state index in [0.717, 1.165) is 19.4 Å². The third kappa shape index (κ3) is 2.70. The van der Waals surface area contributed by atoms with E-state index in [1.807, 2.05) is 22.9 Å². The maximum absolute atomic E-state index is 12.3. The van der Waals surface area contributed by atoms with Crippen LogP contribution in [0.1, 0.15) is 12.8 Å². The number of imidazole rings is 1. The van der Waals surface area contributed by atoms with Gasteiger partial charge in [-0.25, -0.2) is 4.98 Å². The molecule has 0 unspecified atom stereocenters. The van der Waals surface area contributed by atoms with Crippen LogP contribution in [0.25, 0.3) is 0 Å². The number of nitrogens with one attached hydrogen (secondary N) is 1. The molecule has 4 atom stereocenters. The van der Waals surface area contributed by atoms with Crippen LogP contribution in [0.4, 0.5) is 0 Å². The minimum Gasteiger partial charge on any atom is -0.481 e. The molecule has 0 saturated heterocycles. The van der Waals surface area contributed by atoms with E-state index in [1.54, 1.807) is 12.5 Å². The highest BCUT2D eigenvalue weighted by Gasteiger charge is 2.51. The standard InChI is InChI=1S/C15H19N3O3/c19-14(17-4-1-6-18-7-5-16-9-18)12-10-2-3-11(8-10)13(12)15(20)21/h2-3,5,7,9-13H,1,4,6,8H2,(H,17,19)(H,20,21)/t10-,11+,12+,13+/m0/s1. The Morgan fingerprint density at radius 2 is 2.05 bits per heavy atom. The molecule has 2 bridgehead atoms. The van der Waals surface area contributed by atoms with Crippen molar-refractivity contribution in [2.45, 2.75) is 19.4 Å². The highest BCUT2D eigenvalue weighted by atomic mass is 16.4. The van der Waals surface area contributed by atoms with E-state index in [9.17, 15) is 14.7 Å². The Labute approximate surface area is 122 Å². The second-order valence-electron chi connectivity index (χ2n) is 5.78. The van der Waals surface area contributed by atoms with Crippen LogP contribution >= 0.6 is 0 Å². The summed E-state index contributed by atoms with van der Waals surface area (Å²) in [6.45, 7) is 1.35. The summed E-state index contributed by atoms with van der Waals surface area (Å²) in [4.78, 5) is 27.6. The van der Waals surface area contributed by atoms with Crippen LogP contribution in [0.15, 0.2) is 30.9 Å². The largest absolute Gasteiger partial charge is 0.481 e. The minimum absolute atomic E-state index is 0.0224. The van der Waals surface area contributed by atoms with Gasteiger partial charge in [-0.15, -0.1) is 0 Å². The van der Waals surface area contributed by atoms with Crippen molar-refractivity contribution in [2.75, 3.05) is 6.54 Å². The summed E-state index contributed by atoms with van der Waals surface area (Å²) in [5.41, 5.74) is 0. The first-order chi connectivity index (χ1) is 10.2. The normalized spacial score (nSPS) is 29.7. The van der Waals surface area contributed by atoms with E-state index >= 15 is 0 Å². The lowest BCUT2D eigenvalue weighted by atomic mass is 9.82. The van der Waals surface area contributed by atoms with Gasteiger partial charge in [-0.3, -0.25) is 9.59 Å². The zero-order chi connectivity index (χ0) is 14.8. The van der Waals surface area contributed by atoms with Crippen molar-refractivity contribution in [3.8, 4) is 0 Å². The van der Waals surface area contributed by atoms with Crippen molar-refractivity contribution in [1.29, 1.82) is 0 Å². The summed E-state index contributed by atoms with van der Waals surface area (Å²) in [7, 11) is 0. The van der Waals surface area contributed by atoms with Gasteiger partial charge in [-0.2, -0.15) is 0 Å². The number of carboxylic acids is 1. The molecular weight excluding hydrogens is 270 g/mol. The number of rotatable bonds is 6. The zero-order valence-electron chi connectivity index (χ0n) is 11.7. The van der Waals surface area contributed by atoms with Crippen LogP contribution in [0.5, 0.6) is 0 Å². The summed E-state index contributed by atoms with van der Waals surface area (Å²) in [6, 6.07) is 0. The molecule has 1 amide bonds. The lowest BCUT2D eigenvalue weighted by Crippen LogP contribution is -2.40. The Kier molecular flexibility index (Phi) is 3.77. The maximum Gasteiger partial charge on any atom is 0.307 e. The van der Waals surface area contributed by atoms with Gasteiger partial charge in [-0.1, -0.05) is 12.2 Å². The van der Waals surface area contributed by atoms with Crippen molar-refractivity contribution in [2.24, 2.45) is 23.7 Å². The van der Waals surface area contributed by atoms with E-state index in [-0.39, 0.29) is 17.7 Å². The number of hydrogen-bond donors (Lipinski definition) is 2. The third-order valence-corrected chi connectivity index (χ3v) is 4.50. The fourth-order valence-corrected chi connectivity index (χ4v) is 3.53. The van der Waals surface area contributed by atoms with Gasteiger partial charge in [0.15, 0.2) is 0 Å². The molecule has 1 heterocycles. The Balaban J connectivity index is 1.51. The average molecular weight is 289 g/mol. The number of amides is 1. The van der Waals surface area contributed by atoms with Gasteiger partial charge in [0.25, 0.3) is 0 Å². The smallest absolute Gasteiger partial charge is 0.307 e. The summed E-state index contributed by atoms with van der Waals surface area (Å²) in [6.07, 6.45) is 10.9. The molecule has 0 radical (unpaired) electrons. The highest BCUT2D eigenvalue weighted by Crippen LogP contribution is 2.48. The Hall–Kier alpha value is -2.11. The second kappa shape index (κ2) is 5.71. The number of carboxylic acid groups (broad SMARTS) is 1. The van der Waals surface area contributed by atoms with Crippen molar-refractivity contribution < 1.29 is 14.7 Å². The summed E-state index contributed by atoms with van der Waals surface area (Å²) < 4.78 is 1.95. The molecule has 0 aromatic carbocycles. The van der Waals surface area contributed by atoms with Crippen molar-refractivity contribution in [3.05, 3.63) is 30.9 Å². The first-order valence-electron chi connectivity index (χ1n) is 7.31. The number of nitrogens with zero attached hydrogens (tertiary/aromatic N) is 2. The van der Waals surface area contributed by atoms with E-state index < -0.39 is 17.8 Å². The Morgan fingerprint density at radius 3 is 2.71 bits per heavy atom. The lowest BCUT2D eigenvalue weighted by Gasteiger charge is -2.23. The maximum atomic E-state index is 12.3. The van der Waals surface area contributed by atoms with Crippen LogP contribution < -0.4 is 5.32 Å². The summed E-state index contributed by atoms with van der Waals surface area (Å²) >= 11 is 0. The minimum atomic E-state index is -0.856. The molecule has 2 aliphatic carbocycles. The molecule has 21 heavy (non-hydrogen) atoms. The highest BCUT2D eigenvalue weighted by molar-refractivity contribution is 5.86.